The van der Waals surface area contributed by atoms with Gasteiger partial charge in [-0.05, 0) is 47.1 Å². The largest absolute Gasteiger partial charge is 0.325 e. The van der Waals surface area contributed by atoms with E-state index in [1.54, 1.807) is 0 Å². The van der Waals surface area contributed by atoms with Gasteiger partial charge in [0.15, 0.2) is 0 Å². The first-order valence-electron chi connectivity index (χ1n) is 6.37. The Labute approximate surface area is 126 Å². The fourth-order valence-corrected chi connectivity index (χ4v) is 2.54. The number of aryl methyl sites for hydroxylation is 1. The first kappa shape index (κ1) is 12.9. The molecule has 100 valence electrons. The zero-order valence-corrected chi connectivity index (χ0v) is 12.6. The van der Waals surface area contributed by atoms with Crippen molar-refractivity contribution in [3.05, 3.63) is 71.0 Å². The highest BCUT2D eigenvalue weighted by Crippen LogP contribution is 2.26. The van der Waals surface area contributed by atoms with Crippen molar-refractivity contribution in [3.8, 4) is 5.69 Å². The van der Waals surface area contributed by atoms with Crippen LogP contribution in [0.2, 0.25) is 0 Å². The lowest BCUT2D eigenvalue weighted by Gasteiger charge is -2.11. The molecule has 0 spiro atoms. The van der Waals surface area contributed by atoms with Crippen LogP contribution in [0.3, 0.4) is 0 Å². The Hall–Kier alpha value is -2.07. The Morgan fingerprint density at radius 3 is 2.45 bits per heavy atom. The molecule has 2 aromatic carbocycles. The molecule has 0 bridgehead atoms. The minimum atomic E-state index is 0.806. The van der Waals surface area contributed by atoms with Gasteiger partial charge >= 0.3 is 0 Å². The summed E-state index contributed by atoms with van der Waals surface area (Å²) in [5, 5.41) is 3.35. The van der Waals surface area contributed by atoms with E-state index in [9.17, 15) is 0 Å². The van der Waals surface area contributed by atoms with Crippen molar-refractivity contribution in [1.82, 2.24) is 9.55 Å². The molecular formula is C16H14BrN3. The third kappa shape index (κ3) is 2.60. The van der Waals surface area contributed by atoms with E-state index < -0.39 is 0 Å². The summed E-state index contributed by atoms with van der Waals surface area (Å²) in [7, 11) is 0. The molecule has 0 atom stereocenters. The van der Waals surface area contributed by atoms with Crippen LogP contribution in [0.5, 0.6) is 0 Å². The molecule has 1 N–H and O–H groups in total. The lowest BCUT2D eigenvalue weighted by atomic mass is 10.3. The standard InChI is InChI=1S/C16H14BrN3/c1-12-11-20(15-10-6-5-9-14(15)17)16(18-12)19-13-7-3-2-4-8-13/h2-11H,1H3,(H,18,19). The van der Waals surface area contributed by atoms with Crippen LogP contribution >= 0.6 is 15.9 Å². The molecule has 0 aliphatic heterocycles. The average molecular weight is 328 g/mol. The Morgan fingerprint density at radius 2 is 1.70 bits per heavy atom. The minimum absolute atomic E-state index is 0.806. The summed E-state index contributed by atoms with van der Waals surface area (Å²) in [6.45, 7) is 1.99. The predicted octanol–water partition coefficient (Wildman–Crippen LogP) is 4.69. The SMILES string of the molecule is Cc1cn(-c2ccccc2Br)c(Nc2ccccc2)n1. The number of nitrogens with one attached hydrogen (secondary N) is 1. The number of benzene rings is 2. The lowest BCUT2D eigenvalue weighted by Crippen LogP contribution is -2.01. The molecule has 3 rings (SSSR count). The molecule has 0 aliphatic rings. The van der Waals surface area contributed by atoms with Crippen molar-refractivity contribution >= 4 is 27.6 Å². The summed E-state index contributed by atoms with van der Waals surface area (Å²) >= 11 is 3.59. The van der Waals surface area contributed by atoms with Crippen LogP contribution in [0.25, 0.3) is 5.69 Å². The monoisotopic (exact) mass is 327 g/mol. The summed E-state index contributed by atoms with van der Waals surface area (Å²) in [5.74, 6) is 0.806. The lowest BCUT2D eigenvalue weighted by molar-refractivity contribution is 1.06. The number of anilines is 2. The van der Waals surface area contributed by atoms with Gasteiger partial charge in [0, 0.05) is 16.4 Å². The van der Waals surface area contributed by atoms with Crippen LogP contribution in [0, 0.1) is 6.92 Å². The van der Waals surface area contributed by atoms with Gasteiger partial charge in [-0.3, -0.25) is 4.57 Å². The summed E-state index contributed by atoms with van der Waals surface area (Å²) in [4.78, 5) is 4.55. The van der Waals surface area contributed by atoms with Gasteiger partial charge in [0.1, 0.15) is 0 Å². The Bertz CT molecular complexity index is 720. The molecular weight excluding hydrogens is 314 g/mol. The number of para-hydroxylation sites is 2. The second-order valence-corrected chi connectivity index (χ2v) is 5.37. The highest BCUT2D eigenvalue weighted by atomic mass is 79.9. The Morgan fingerprint density at radius 1 is 1.00 bits per heavy atom. The van der Waals surface area contributed by atoms with Crippen molar-refractivity contribution in [3.63, 3.8) is 0 Å². The van der Waals surface area contributed by atoms with Gasteiger partial charge in [0.25, 0.3) is 0 Å². The molecule has 0 unspecified atom stereocenters. The highest BCUT2D eigenvalue weighted by molar-refractivity contribution is 9.10. The van der Waals surface area contributed by atoms with Gasteiger partial charge in [-0.15, -0.1) is 0 Å². The average Bonchev–Trinajstić information content (AvgIpc) is 2.81. The topological polar surface area (TPSA) is 29.9 Å². The molecule has 3 aromatic rings. The van der Waals surface area contributed by atoms with Gasteiger partial charge < -0.3 is 5.32 Å². The number of aromatic nitrogens is 2. The van der Waals surface area contributed by atoms with Gasteiger partial charge in [-0.25, -0.2) is 4.98 Å². The van der Waals surface area contributed by atoms with Crippen LogP contribution in [0.4, 0.5) is 11.6 Å². The number of hydrogen-bond acceptors (Lipinski definition) is 2. The molecule has 0 aliphatic carbocycles. The second kappa shape index (κ2) is 5.51. The van der Waals surface area contributed by atoms with Crippen molar-refractivity contribution in [1.29, 1.82) is 0 Å². The van der Waals surface area contributed by atoms with Crippen molar-refractivity contribution < 1.29 is 0 Å². The van der Waals surface area contributed by atoms with E-state index in [4.69, 9.17) is 0 Å². The summed E-state index contributed by atoms with van der Waals surface area (Å²) in [6.07, 6.45) is 2.02. The first-order chi connectivity index (χ1) is 9.74. The summed E-state index contributed by atoms with van der Waals surface area (Å²) in [6, 6.07) is 18.1. The van der Waals surface area contributed by atoms with E-state index in [2.05, 4.69) is 32.3 Å². The smallest absolute Gasteiger partial charge is 0.212 e. The zero-order chi connectivity index (χ0) is 13.9. The van der Waals surface area contributed by atoms with Crippen LogP contribution in [0.1, 0.15) is 5.69 Å². The Balaban J connectivity index is 2.03. The Kier molecular flexibility index (Phi) is 3.56. The third-order valence-electron chi connectivity index (χ3n) is 2.97. The van der Waals surface area contributed by atoms with E-state index in [-0.39, 0.29) is 0 Å². The molecule has 1 aromatic heterocycles. The van der Waals surface area contributed by atoms with Crippen LogP contribution in [0.15, 0.2) is 65.3 Å². The van der Waals surface area contributed by atoms with E-state index in [0.29, 0.717) is 0 Å². The fraction of sp³-hybridized carbons (Fsp3) is 0.0625. The normalized spacial score (nSPS) is 10.5. The van der Waals surface area contributed by atoms with Gasteiger partial charge in [0.05, 0.1) is 11.4 Å². The van der Waals surface area contributed by atoms with Gasteiger partial charge in [-0.1, -0.05) is 30.3 Å². The number of halogens is 1. The number of hydrogen-bond donors (Lipinski definition) is 1. The van der Waals surface area contributed by atoms with E-state index in [1.807, 2.05) is 66.2 Å². The third-order valence-corrected chi connectivity index (χ3v) is 3.64. The van der Waals surface area contributed by atoms with Crippen molar-refractivity contribution in [2.75, 3.05) is 5.32 Å². The number of rotatable bonds is 3. The number of imidazole rings is 1. The maximum atomic E-state index is 4.55. The molecule has 0 radical (unpaired) electrons. The van der Waals surface area contributed by atoms with E-state index in [1.165, 1.54) is 0 Å². The first-order valence-corrected chi connectivity index (χ1v) is 7.16. The molecule has 3 nitrogen and oxygen atoms in total. The zero-order valence-electron chi connectivity index (χ0n) is 11.0. The van der Waals surface area contributed by atoms with Crippen molar-refractivity contribution in [2.45, 2.75) is 6.92 Å². The van der Waals surface area contributed by atoms with Crippen LogP contribution in [-0.4, -0.2) is 9.55 Å². The molecule has 20 heavy (non-hydrogen) atoms. The van der Waals surface area contributed by atoms with Crippen LogP contribution in [-0.2, 0) is 0 Å². The summed E-state index contributed by atoms with van der Waals surface area (Å²) < 4.78 is 3.08. The molecule has 0 amide bonds. The molecule has 0 saturated carbocycles. The summed E-state index contributed by atoms with van der Waals surface area (Å²) in [5.41, 5.74) is 3.05. The second-order valence-electron chi connectivity index (χ2n) is 4.52. The van der Waals surface area contributed by atoms with E-state index in [0.717, 1.165) is 27.5 Å². The van der Waals surface area contributed by atoms with Gasteiger partial charge in [-0.2, -0.15) is 0 Å². The predicted molar refractivity (Wildman–Crippen MR) is 85.7 cm³/mol. The minimum Gasteiger partial charge on any atom is -0.325 e. The molecule has 1 heterocycles. The number of nitrogens with zero attached hydrogens (tertiary/aromatic N) is 2. The molecule has 4 heteroatoms. The highest BCUT2D eigenvalue weighted by Gasteiger charge is 2.09. The molecule has 0 saturated heterocycles. The van der Waals surface area contributed by atoms with Crippen molar-refractivity contribution in [2.24, 2.45) is 0 Å². The van der Waals surface area contributed by atoms with Crippen LogP contribution < -0.4 is 5.32 Å². The maximum Gasteiger partial charge on any atom is 0.212 e. The van der Waals surface area contributed by atoms with E-state index >= 15 is 0 Å². The molecule has 0 fully saturated rings. The van der Waals surface area contributed by atoms with Gasteiger partial charge in [0.2, 0.25) is 5.95 Å². The fourth-order valence-electron chi connectivity index (χ4n) is 2.07. The quantitative estimate of drug-likeness (QED) is 0.756. The maximum absolute atomic E-state index is 4.55.